The molecule has 2 aliphatic heterocycles. The summed E-state index contributed by atoms with van der Waals surface area (Å²) in [6.45, 7) is 11.5. The van der Waals surface area contributed by atoms with E-state index in [2.05, 4.69) is 47.2 Å². The number of ether oxygens (including phenoxy) is 1. The Morgan fingerprint density at radius 1 is 1.35 bits per heavy atom. The third-order valence-corrected chi connectivity index (χ3v) is 4.46. The van der Waals surface area contributed by atoms with E-state index in [0.29, 0.717) is 6.04 Å². The van der Waals surface area contributed by atoms with E-state index in [1.165, 1.54) is 11.3 Å². The first kappa shape index (κ1) is 13.7. The summed E-state index contributed by atoms with van der Waals surface area (Å²) in [6, 6.07) is 7.20. The molecule has 110 valence electrons. The van der Waals surface area contributed by atoms with Crippen LogP contribution >= 0.6 is 0 Å². The third-order valence-electron chi connectivity index (χ3n) is 4.46. The quantitative estimate of drug-likeness (QED) is 0.909. The van der Waals surface area contributed by atoms with Crippen molar-refractivity contribution >= 4 is 5.69 Å². The number of nitrogens with zero attached hydrogens (tertiary/aromatic N) is 2. The third kappa shape index (κ3) is 2.63. The highest BCUT2D eigenvalue weighted by atomic mass is 16.5. The molecule has 1 aromatic carbocycles. The Morgan fingerprint density at radius 3 is 3.00 bits per heavy atom. The summed E-state index contributed by atoms with van der Waals surface area (Å²) >= 11 is 0. The van der Waals surface area contributed by atoms with Crippen molar-refractivity contribution in [2.75, 3.05) is 44.2 Å². The fourth-order valence-corrected chi connectivity index (χ4v) is 3.17. The van der Waals surface area contributed by atoms with Gasteiger partial charge in [-0.15, -0.1) is 0 Å². The lowest BCUT2D eigenvalue weighted by molar-refractivity contribution is 0.120. The van der Waals surface area contributed by atoms with E-state index in [0.717, 1.165) is 51.6 Å². The van der Waals surface area contributed by atoms with Gasteiger partial charge in [-0.1, -0.05) is 6.07 Å². The Hall–Kier alpha value is -1.26. The molecule has 0 saturated carbocycles. The molecule has 1 fully saturated rings. The van der Waals surface area contributed by atoms with E-state index in [1.807, 2.05) is 0 Å². The van der Waals surface area contributed by atoms with Gasteiger partial charge in [-0.25, -0.2) is 0 Å². The Balaban J connectivity index is 1.84. The maximum Gasteiger partial charge on any atom is 0.125 e. The zero-order valence-corrected chi connectivity index (χ0v) is 12.6. The zero-order chi connectivity index (χ0) is 13.9. The monoisotopic (exact) mass is 275 g/mol. The van der Waals surface area contributed by atoms with Crippen molar-refractivity contribution in [1.82, 2.24) is 10.2 Å². The summed E-state index contributed by atoms with van der Waals surface area (Å²) in [7, 11) is 0. The summed E-state index contributed by atoms with van der Waals surface area (Å²) in [5, 5.41) is 3.46. The van der Waals surface area contributed by atoms with Gasteiger partial charge in [0.15, 0.2) is 0 Å². The van der Waals surface area contributed by atoms with Crippen LogP contribution in [0.25, 0.3) is 0 Å². The van der Waals surface area contributed by atoms with Crippen LogP contribution in [0.3, 0.4) is 0 Å². The van der Waals surface area contributed by atoms with E-state index in [1.54, 1.807) is 0 Å². The van der Waals surface area contributed by atoms with Crippen LogP contribution in [0.15, 0.2) is 18.2 Å². The fourth-order valence-electron chi connectivity index (χ4n) is 3.17. The number of piperazine rings is 1. The lowest BCUT2D eigenvalue weighted by atomic mass is 10.1. The van der Waals surface area contributed by atoms with Crippen LogP contribution in [0.4, 0.5) is 5.69 Å². The molecule has 1 N–H and O–H groups in total. The zero-order valence-electron chi connectivity index (χ0n) is 12.6. The topological polar surface area (TPSA) is 27.7 Å². The van der Waals surface area contributed by atoms with Crippen molar-refractivity contribution in [2.45, 2.75) is 26.4 Å². The van der Waals surface area contributed by atoms with Gasteiger partial charge in [-0.2, -0.15) is 0 Å². The van der Waals surface area contributed by atoms with Gasteiger partial charge in [0, 0.05) is 56.6 Å². The largest absolute Gasteiger partial charge is 0.491 e. The van der Waals surface area contributed by atoms with Crippen molar-refractivity contribution in [2.24, 2.45) is 0 Å². The highest BCUT2D eigenvalue weighted by Gasteiger charge is 2.27. The minimum absolute atomic E-state index is 0.507. The number of benzene rings is 1. The number of rotatable bonds is 3. The van der Waals surface area contributed by atoms with Gasteiger partial charge in [0.1, 0.15) is 12.4 Å². The molecule has 2 aliphatic rings. The molecule has 20 heavy (non-hydrogen) atoms. The average Bonchev–Trinajstić information content (AvgIpc) is 2.67. The second-order valence-corrected chi connectivity index (χ2v) is 5.60. The van der Waals surface area contributed by atoms with Gasteiger partial charge in [0.2, 0.25) is 0 Å². The van der Waals surface area contributed by atoms with Gasteiger partial charge < -0.3 is 15.0 Å². The minimum atomic E-state index is 0.507. The van der Waals surface area contributed by atoms with Crippen molar-refractivity contribution < 1.29 is 4.74 Å². The predicted molar refractivity (Wildman–Crippen MR) is 82.6 cm³/mol. The molecular weight excluding hydrogens is 250 g/mol. The minimum Gasteiger partial charge on any atom is -0.491 e. The number of hydrogen-bond donors (Lipinski definition) is 1. The lowest BCUT2D eigenvalue weighted by Crippen LogP contribution is -2.52. The second-order valence-electron chi connectivity index (χ2n) is 5.60. The normalized spacial score (nSPS) is 22.4. The van der Waals surface area contributed by atoms with Crippen molar-refractivity contribution in [3.63, 3.8) is 0 Å². The summed E-state index contributed by atoms with van der Waals surface area (Å²) in [5.41, 5.74) is 2.59. The smallest absolute Gasteiger partial charge is 0.125 e. The summed E-state index contributed by atoms with van der Waals surface area (Å²) in [6.07, 6.45) is 0. The van der Waals surface area contributed by atoms with Gasteiger partial charge in [0.05, 0.1) is 6.04 Å². The first-order valence-corrected chi connectivity index (χ1v) is 7.77. The van der Waals surface area contributed by atoms with Gasteiger partial charge >= 0.3 is 0 Å². The van der Waals surface area contributed by atoms with E-state index in [4.69, 9.17) is 4.74 Å². The Morgan fingerprint density at radius 2 is 2.20 bits per heavy atom. The molecule has 1 aromatic rings. The molecule has 0 amide bonds. The fraction of sp³-hybridized carbons (Fsp3) is 0.625. The summed E-state index contributed by atoms with van der Waals surface area (Å²) in [4.78, 5) is 4.91. The maximum absolute atomic E-state index is 6.09. The molecule has 4 nitrogen and oxygen atoms in total. The molecule has 1 unspecified atom stereocenters. The van der Waals surface area contributed by atoms with Crippen LogP contribution in [0.2, 0.25) is 0 Å². The molecule has 3 rings (SSSR count). The van der Waals surface area contributed by atoms with Crippen molar-refractivity contribution in [3.05, 3.63) is 23.8 Å². The van der Waals surface area contributed by atoms with E-state index in [9.17, 15) is 0 Å². The molecule has 1 saturated heterocycles. The van der Waals surface area contributed by atoms with Crippen LogP contribution in [-0.2, 0) is 6.54 Å². The molecule has 4 heteroatoms. The van der Waals surface area contributed by atoms with Gasteiger partial charge in [-0.05, 0) is 19.9 Å². The molecule has 2 heterocycles. The molecular formula is C16H25N3O. The average molecular weight is 275 g/mol. The summed E-state index contributed by atoms with van der Waals surface area (Å²) in [5.74, 6) is 1.07. The Labute approximate surface area is 121 Å². The highest BCUT2D eigenvalue weighted by Crippen LogP contribution is 2.30. The molecule has 0 aromatic heterocycles. The number of fused-ring (bicyclic) bond motifs is 2. The van der Waals surface area contributed by atoms with E-state index < -0.39 is 0 Å². The first-order valence-electron chi connectivity index (χ1n) is 7.77. The van der Waals surface area contributed by atoms with Crippen LogP contribution in [0.5, 0.6) is 5.75 Å². The van der Waals surface area contributed by atoms with E-state index in [-0.39, 0.29) is 0 Å². The number of hydrogen-bond acceptors (Lipinski definition) is 4. The number of nitrogens with one attached hydrogen (secondary N) is 1. The van der Waals surface area contributed by atoms with Gasteiger partial charge in [-0.3, -0.25) is 4.90 Å². The van der Waals surface area contributed by atoms with E-state index >= 15 is 0 Å². The highest BCUT2D eigenvalue weighted by molar-refractivity contribution is 5.54. The van der Waals surface area contributed by atoms with Crippen LogP contribution in [0.1, 0.15) is 19.4 Å². The van der Waals surface area contributed by atoms with Crippen LogP contribution < -0.4 is 15.0 Å². The predicted octanol–water partition coefficient (Wildman–Crippen LogP) is 1.70. The number of anilines is 1. The standard InChI is InChI=1S/C16H25N3O/c1-3-18(4-2)14-6-5-13-11-19-8-7-17-10-15(19)12-20-16(13)9-14/h5-6,9,15,17H,3-4,7-8,10-12H2,1-2H3. The summed E-state index contributed by atoms with van der Waals surface area (Å²) < 4.78 is 6.09. The second kappa shape index (κ2) is 6.02. The van der Waals surface area contributed by atoms with Crippen LogP contribution in [-0.4, -0.2) is 50.3 Å². The Bertz CT molecular complexity index is 459. The van der Waals surface area contributed by atoms with Gasteiger partial charge in [0.25, 0.3) is 0 Å². The molecule has 1 atom stereocenters. The first-order chi connectivity index (χ1) is 9.81. The molecule has 0 spiro atoms. The van der Waals surface area contributed by atoms with Crippen molar-refractivity contribution in [3.8, 4) is 5.75 Å². The maximum atomic E-state index is 6.09. The SMILES string of the molecule is CCN(CC)c1ccc2c(c1)OCC1CNCCN1C2. The lowest BCUT2D eigenvalue weighted by Gasteiger charge is -2.33. The van der Waals surface area contributed by atoms with Crippen LogP contribution in [0, 0.1) is 0 Å². The molecule has 0 bridgehead atoms. The molecule has 0 aliphatic carbocycles. The van der Waals surface area contributed by atoms with Crippen molar-refractivity contribution in [1.29, 1.82) is 0 Å². The molecule has 0 radical (unpaired) electrons. The Kier molecular flexibility index (Phi) is 4.13.